The molecule has 0 bridgehead atoms. The van der Waals surface area contributed by atoms with Gasteiger partial charge in [-0.3, -0.25) is 4.90 Å². The van der Waals surface area contributed by atoms with Crippen molar-refractivity contribution in [3.05, 3.63) is 82.6 Å². The first-order valence-electron chi connectivity index (χ1n) is 10.3. The van der Waals surface area contributed by atoms with Gasteiger partial charge in [0.15, 0.2) is 0 Å². The van der Waals surface area contributed by atoms with Crippen molar-refractivity contribution >= 4 is 12.0 Å². The van der Waals surface area contributed by atoms with Crippen molar-refractivity contribution < 1.29 is 14.3 Å². The van der Waals surface area contributed by atoms with Gasteiger partial charge in [0.2, 0.25) is 0 Å². The smallest absolute Gasteiger partial charge is 0.338 e. The fourth-order valence-corrected chi connectivity index (χ4v) is 3.63. The van der Waals surface area contributed by atoms with Crippen LogP contribution in [0.5, 0.6) is 0 Å². The second-order valence-corrected chi connectivity index (χ2v) is 7.30. The first kappa shape index (κ1) is 21.6. The van der Waals surface area contributed by atoms with Crippen LogP contribution < -0.4 is 10.6 Å². The third-order valence-corrected chi connectivity index (χ3v) is 5.36. The van der Waals surface area contributed by atoms with E-state index in [2.05, 4.69) is 41.5 Å². The molecule has 0 aromatic heterocycles. The van der Waals surface area contributed by atoms with Crippen molar-refractivity contribution in [1.29, 1.82) is 0 Å². The summed E-state index contributed by atoms with van der Waals surface area (Å²) in [5.41, 5.74) is 4.24. The second-order valence-electron chi connectivity index (χ2n) is 7.30. The predicted octanol–water partition coefficient (Wildman–Crippen LogP) is 3.55. The molecule has 0 saturated carbocycles. The number of carbonyl (C=O) groups excluding carboxylic acids is 2. The van der Waals surface area contributed by atoms with Gasteiger partial charge in [-0.15, -0.1) is 0 Å². The molecule has 2 N–H and O–H groups in total. The molecule has 2 aromatic rings. The Balaban J connectivity index is 1.94. The van der Waals surface area contributed by atoms with Gasteiger partial charge in [0.25, 0.3) is 0 Å². The van der Waals surface area contributed by atoms with Gasteiger partial charge >= 0.3 is 12.0 Å². The standard InChI is InChI=1S/C24H29N3O3/c1-4-17-11-13-19(14-12-17)22-21(23(28)30-3)20(25-24(29)26-22)16-27(5-2)15-18-9-7-6-8-10-18/h6-14,22H,4-5,15-16H2,1-3H3,(H2,25,26,29)/t22-/m0/s1. The van der Waals surface area contributed by atoms with Crippen molar-refractivity contribution in [3.63, 3.8) is 0 Å². The number of carbonyl (C=O) groups is 2. The third kappa shape index (κ3) is 5.07. The van der Waals surface area contributed by atoms with E-state index in [1.54, 1.807) is 0 Å². The monoisotopic (exact) mass is 407 g/mol. The van der Waals surface area contributed by atoms with Crippen LogP contribution in [0, 0.1) is 0 Å². The van der Waals surface area contributed by atoms with Gasteiger partial charge < -0.3 is 15.4 Å². The van der Waals surface area contributed by atoms with Gasteiger partial charge in [-0.1, -0.05) is 68.4 Å². The highest BCUT2D eigenvalue weighted by Crippen LogP contribution is 2.28. The van der Waals surface area contributed by atoms with Gasteiger partial charge in [-0.25, -0.2) is 9.59 Å². The Morgan fingerprint density at radius 2 is 1.70 bits per heavy atom. The van der Waals surface area contributed by atoms with Crippen molar-refractivity contribution in [1.82, 2.24) is 15.5 Å². The topological polar surface area (TPSA) is 70.7 Å². The number of benzene rings is 2. The van der Waals surface area contributed by atoms with E-state index in [0.29, 0.717) is 24.4 Å². The number of nitrogens with zero attached hydrogens (tertiary/aromatic N) is 1. The zero-order valence-electron chi connectivity index (χ0n) is 17.8. The number of urea groups is 1. The fourth-order valence-electron chi connectivity index (χ4n) is 3.63. The maximum absolute atomic E-state index is 12.7. The summed E-state index contributed by atoms with van der Waals surface area (Å²) in [6.45, 7) is 6.07. The van der Waals surface area contributed by atoms with Crippen molar-refractivity contribution in [2.24, 2.45) is 0 Å². The molecule has 1 atom stereocenters. The highest BCUT2D eigenvalue weighted by molar-refractivity contribution is 5.95. The van der Waals surface area contributed by atoms with Crippen LogP contribution in [-0.2, 0) is 22.5 Å². The summed E-state index contributed by atoms with van der Waals surface area (Å²) < 4.78 is 5.08. The van der Waals surface area contributed by atoms with Crippen LogP contribution in [0.3, 0.4) is 0 Å². The van der Waals surface area contributed by atoms with Gasteiger partial charge in [0.1, 0.15) is 0 Å². The Kier molecular flexibility index (Phi) is 7.25. The number of hydrogen-bond donors (Lipinski definition) is 2. The molecule has 3 rings (SSSR count). The van der Waals surface area contributed by atoms with Gasteiger partial charge in [0, 0.05) is 18.8 Å². The van der Waals surface area contributed by atoms with E-state index in [0.717, 1.165) is 18.5 Å². The van der Waals surface area contributed by atoms with Crippen molar-refractivity contribution in [2.45, 2.75) is 32.9 Å². The summed E-state index contributed by atoms with van der Waals surface area (Å²) in [6, 6.07) is 17.2. The Bertz CT molecular complexity index is 907. The molecule has 1 aliphatic heterocycles. The first-order chi connectivity index (χ1) is 14.5. The minimum atomic E-state index is -0.553. The number of amides is 2. The third-order valence-electron chi connectivity index (χ3n) is 5.36. The minimum absolute atomic E-state index is 0.321. The second kappa shape index (κ2) is 10.1. The molecular formula is C24H29N3O3. The van der Waals surface area contributed by atoms with Gasteiger partial charge in [0.05, 0.1) is 18.7 Å². The SMILES string of the molecule is CCc1ccc([C@@H]2NC(=O)NC(CN(CC)Cc3ccccc3)=C2C(=O)OC)cc1. The normalized spacial score (nSPS) is 16.3. The number of ether oxygens (including phenoxy) is 1. The number of nitrogens with one attached hydrogen (secondary N) is 2. The molecule has 6 nitrogen and oxygen atoms in total. The van der Waals surface area contributed by atoms with Crippen LogP contribution in [0.1, 0.15) is 36.6 Å². The number of rotatable bonds is 8. The molecule has 0 unspecified atom stereocenters. The zero-order chi connectivity index (χ0) is 21.5. The summed E-state index contributed by atoms with van der Waals surface area (Å²) in [5.74, 6) is -0.446. The molecule has 6 heteroatoms. The van der Waals surface area contributed by atoms with E-state index in [9.17, 15) is 9.59 Å². The molecular weight excluding hydrogens is 378 g/mol. The van der Waals surface area contributed by atoms with Crippen LogP contribution in [0.25, 0.3) is 0 Å². The lowest BCUT2D eigenvalue weighted by atomic mass is 9.94. The summed E-state index contributed by atoms with van der Waals surface area (Å²) in [6.07, 6.45) is 0.925. The molecule has 30 heavy (non-hydrogen) atoms. The lowest BCUT2D eigenvalue weighted by Gasteiger charge is -2.31. The summed E-state index contributed by atoms with van der Waals surface area (Å²) in [4.78, 5) is 27.3. The average molecular weight is 408 g/mol. The molecule has 0 spiro atoms. The molecule has 0 radical (unpaired) electrons. The van der Waals surface area contributed by atoms with E-state index >= 15 is 0 Å². The number of esters is 1. The van der Waals surface area contributed by atoms with E-state index in [1.807, 2.05) is 42.5 Å². The maximum atomic E-state index is 12.7. The highest BCUT2D eigenvalue weighted by atomic mass is 16.5. The Morgan fingerprint density at radius 3 is 2.30 bits per heavy atom. The Morgan fingerprint density at radius 1 is 1.00 bits per heavy atom. The average Bonchev–Trinajstić information content (AvgIpc) is 2.78. The molecule has 0 saturated heterocycles. The van der Waals surface area contributed by atoms with Crippen LogP contribution in [-0.4, -0.2) is 37.1 Å². The quantitative estimate of drug-likeness (QED) is 0.657. The largest absolute Gasteiger partial charge is 0.466 e. The number of methoxy groups -OCH3 is 1. The molecule has 2 amide bonds. The van der Waals surface area contributed by atoms with Gasteiger partial charge in [-0.2, -0.15) is 0 Å². The minimum Gasteiger partial charge on any atom is -0.466 e. The zero-order valence-corrected chi connectivity index (χ0v) is 17.8. The van der Waals surface area contributed by atoms with E-state index < -0.39 is 12.0 Å². The predicted molar refractivity (Wildman–Crippen MR) is 117 cm³/mol. The highest BCUT2D eigenvalue weighted by Gasteiger charge is 2.33. The van der Waals surface area contributed by atoms with Crippen LogP contribution in [0.4, 0.5) is 4.79 Å². The first-order valence-corrected chi connectivity index (χ1v) is 10.3. The molecule has 0 fully saturated rings. The lowest BCUT2D eigenvalue weighted by Crippen LogP contribution is -2.48. The lowest BCUT2D eigenvalue weighted by molar-refractivity contribution is -0.136. The van der Waals surface area contributed by atoms with Crippen molar-refractivity contribution in [3.8, 4) is 0 Å². The number of hydrogen-bond acceptors (Lipinski definition) is 4. The van der Waals surface area contributed by atoms with Gasteiger partial charge in [-0.05, 0) is 29.7 Å². The molecule has 1 aliphatic rings. The van der Waals surface area contributed by atoms with E-state index in [1.165, 1.54) is 18.2 Å². The summed E-state index contributed by atoms with van der Waals surface area (Å²) in [5, 5.41) is 5.72. The van der Waals surface area contributed by atoms with Crippen LogP contribution in [0.2, 0.25) is 0 Å². The number of aryl methyl sites for hydroxylation is 1. The van der Waals surface area contributed by atoms with E-state index in [4.69, 9.17) is 4.74 Å². The van der Waals surface area contributed by atoms with E-state index in [-0.39, 0.29) is 6.03 Å². The molecule has 1 heterocycles. The Labute approximate surface area is 177 Å². The van der Waals surface area contributed by atoms with Crippen molar-refractivity contribution in [2.75, 3.05) is 20.2 Å². The fraction of sp³-hybridized carbons (Fsp3) is 0.333. The van der Waals surface area contributed by atoms with Crippen LogP contribution in [0.15, 0.2) is 65.9 Å². The molecule has 2 aromatic carbocycles. The van der Waals surface area contributed by atoms with Crippen LogP contribution >= 0.6 is 0 Å². The maximum Gasteiger partial charge on any atom is 0.338 e. The summed E-state index contributed by atoms with van der Waals surface area (Å²) >= 11 is 0. The molecule has 0 aliphatic carbocycles. The molecule has 158 valence electrons. The summed E-state index contributed by atoms with van der Waals surface area (Å²) in [7, 11) is 1.36. The number of likely N-dealkylation sites (N-methyl/N-ethyl adjacent to an activating group) is 1. The Hall–Kier alpha value is -3.12.